The minimum absolute atomic E-state index is 0.0817. The van der Waals surface area contributed by atoms with Gasteiger partial charge in [-0.3, -0.25) is 14.9 Å². The average molecular weight is 185 g/mol. The molecule has 1 aliphatic rings. The third kappa shape index (κ3) is 1.75. The fraction of sp³-hybridized carbons (Fsp3) is 0.500. The summed E-state index contributed by atoms with van der Waals surface area (Å²) in [5.74, 6) is -0.396. The molecule has 0 radical (unpaired) electrons. The van der Waals surface area contributed by atoms with E-state index in [1.165, 1.54) is 0 Å². The van der Waals surface area contributed by atoms with Gasteiger partial charge in [0.05, 0.1) is 12.5 Å². The van der Waals surface area contributed by atoms with Crippen LogP contribution < -0.4 is 11.1 Å². The van der Waals surface area contributed by atoms with E-state index in [2.05, 4.69) is 5.32 Å². The molecule has 12 heavy (non-hydrogen) atoms. The quantitative estimate of drug-likeness (QED) is 0.609. The van der Waals surface area contributed by atoms with Crippen LogP contribution in [0.1, 0.15) is 6.42 Å². The highest BCUT2D eigenvalue weighted by atomic mass is 32.2. The van der Waals surface area contributed by atoms with Crippen LogP contribution in [0.4, 0.5) is 4.79 Å². The normalized spacial score (nSPS) is 24.8. The molecular weight excluding hydrogens is 178 g/mol. The number of nitrogens with two attached hydrogens (primary N) is 1. The predicted octanol–water partition coefficient (Wildman–Crippen LogP) is -0.421. The highest BCUT2D eigenvalue weighted by molar-refractivity contribution is 8.15. The summed E-state index contributed by atoms with van der Waals surface area (Å²) in [4.78, 5) is 21.6. The Morgan fingerprint density at radius 1 is 1.75 bits per heavy atom. The fourth-order valence-electron chi connectivity index (χ4n) is 0.864. The third-order valence-corrected chi connectivity index (χ3v) is 2.57. The molecule has 0 bridgehead atoms. The summed E-state index contributed by atoms with van der Waals surface area (Å²) in [6.45, 7) is 0. The molecule has 1 aliphatic heterocycles. The van der Waals surface area contributed by atoms with E-state index in [4.69, 9.17) is 11.0 Å². The van der Waals surface area contributed by atoms with Gasteiger partial charge in [0.1, 0.15) is 5.25 Å². The first kappa shape index (κ1) is 9.03. The third-order valence-electron chi connectivity index (χ3n) is 1.43. The first-order valence-corrected chi connectivity index (χ1v) is 4.17. The standard InChI is InChI=1S/C6H7N3O2S/c7-2-1-3(8)4-5(10)9-6(11)12-4/h3-4H,1,8H2,(H,9,10,11)/t3-,4?/m0/s1. The summed E-state index contributed by atoms with van der Waals surface area (Å²) >= 11 is 0.846. The van der Waals surface area contributed by atoms with Gasteiger partial charge in [0, 0.05) is 6.04 Å². The van der Waals surface area contributed by atoms with Gasteiger partial charge in [-0.25, -0.2) is 0 Å². The molecule has 5 nitrogen and oxygen atoms in total. The first-order chi connectivity index (χ1) is 5.65. The number of hydrogen-bond acceptors (Lipinski definition) is 5. The fourth-order valence-corrected chi connectivity index (χ4v) is 1.69. The van der Waals surface area contributed by atoms with Crippen molar-refractivity contribution >= 4 is 22.9 Å². The zero-order chi connectivity index (χ0) is 9.14. The first-order valence-electron chi connectivity index (χ1n) is 3.29. The summed E-state index contributed by atoms with van der Waals surface area (Å²) in [6, 6.07) is 1.29. The summed E-state index contributed by atoms with van der Waals surface area (Å²) in [5.41, 5.74) is 5.49. The van der Waals surface area contributed by atoms with Crippen molar-refractivity contribution in [2.24, 2.45) is 5.73 Å². The lowest BCUT2D eigenvalue weighted by molar-refractivity contribution is -0.119. The molecule has 1 rings (SSSR count). The molecule has 1 heterocycles. The summed E-state index contributed by atoms with van der Waals surface area (Å²) in [6.07, 6.45) is 0.0817. The summed E-state index contributed by atoms with van der Waals surface area (Å²) in [5, 5.41) is 9.40. The Hall–Kier alpha value is -1.06. The van der Waals surface area contributed by atoms with Crippen LogP contribution in [-0.4, -0.2) is 22.4 Å². The Bertz CT molecular complexity index is 260. The Kier molecular flexibility index (Phi) is 2.68. The Labute approximate surface area is 73.3 Å². The van der Waals surface area contributed by atoms with Crippen LogP contribution in [-0.2, 0) is 4.79 Å². The van der Waals surface area contributed by atoms with Gasteiger partial charge in [0.2, 0.25) is 5.91 Å². The van der Waals surface area contributed by atoms with Crippen molar-refractivity contribution in [3.8, 4) is 6.07 Å². The number of nitriles is 1. The van der Waals surface area contributed by atoms with E-state index in [1.807, 2.05) is 6.07 Å². The molecule has 1 unspecified atom stereocenters. The number of carbonyl (C=O) groups excluding carboxylic acids is 2. The molecule has 2 atom stereocenters. The summed E-state index contributed by atoms with van der Waals surface area (Å²) < 4.78 is 0. The van der Waals surface area contributed by atoms with Crippen molar-refractivity contribution in [2.75, 3.05) is 0 Å². The van der Waals surface area contributed by atoms with E-state index in [0.717, 1.165) is 11.8 Å². The minimum Gasteiger partial charge on any atom is -0.325 e. The molecule has 0 spiro atoms. The van der Waals surface area contributed by atoms with E-state index in [0.29, 0.717) is 0 Å². The molecule has 6 heteroatoms. The number of amides is 2. The molecule has 0 aliphatic carbocycles. The maximum atomic E-state index is 11.0. The number of nitrogens with zero attached hydrogens (tertiary/aromatic N) is 1. The van der Waals surface area contributed by atoms with Crippen LogP contribution in [0.5, 0.6) is 0 Å². The number of carbonyl (C=O) groups is 2. The van der Waals surface area contributed by atoms with Gasteiger partial charge in [-0.1, -0.05) is 0 Å². The van der Waals surface area contributed by atoms with Crippen LogP contribution in [0, 0.1) is 11.3 Å². The number of hydrogen-bond donors (Lipinski definition) is 2. The predicted molar refractivity (Wildman–Crippen MR) is 43.1 cm³/mol. The van der Waals surface area contributed by atoms with Gasteiger partial charge in [0.25, 0.3) is 5.24 Å². The molecule has 0 saturated carbocycles. The lowest BCUT2D eigenvalue weighted by atomic mass is 10.1. The van der Waals surface area contributed by atoms with Gasteiger partial charge < -0.3 is 5.73 Å². The van der Waals surface area contributed by atoms with Gasteiger partial charge in [0.15, 0.2) is 0 Å². The lowest BCUT2D eigenvalue weighted by Crippen LogP contribution is -2.38. The van der Waals surface area contributed by atoms with Gasteiger partial charge in [-0.15, -0.1) is 0 Å². The van der Waals surface area contributed by atoms with E-state index >= 15 is 0 Å². The molecule has 1 fully saturated rings. The van der Waals surface area contributed by atoms with Crippen molar-refractivity contribution in [3.63, 3.8) is 0 Å². The molecule has 2 amide bonds. The highest BCUT2D eigenvalue weighted by Crippen LogP contribution is 2.22. The largest absolute Gasteiger partial charge is 0.325 e. The Morgan fingerprint density at radius 3 is 2.83 bits per heavy atom. The Morgan fingerprint density at radius 2 is 2.42 bits per heavy atom. The van der Waals surface area contributed by atoms with E-state index < -0.39 is 22.4 Å². The highest BCUT2D eigenvalue weighted by Gasteiger charge is 2.35. The topological polar surface area (TPSA) is 96.0 Å². The van der Waals surface area contributed by atoms with Crippen LogP contribution in [0.25, 0.3) is 0 Å². The number of thioether (sulfide) groups is 1. The van der Waals surface area contributed by atoms with Crippen molar-refractivity contribution in [2.45, 2.75) is 17.7 Å². The number of imide groups is 1. The van der Waals surface area contributed by atoms with Crippen LogP contribution in [0.2, 0.25) is 0 Å². The van der Waals surface area contributed by atoms with Crippen molar-refractivity contribution in [1.29, 1.82) is 5.26 Å². The molecular formula is C6H7N3O2S. The maximum Gasteiger partial charge on any atom is 0.286 e. The second-order valence-electron chi connectivity index (χ2n) is 2.34. The minimum atomic E-state index is -0.600. The van der Waals surface area contributed by atoms with Gasteiger partial charge in [-0.05, 0) is 11.8 Å². The van der Waals surface area contributed by atoms with E-state index in [9.17, 15) is 9.59 Å². The zero-order valence-electron chi connectivity index (χ0n) is 6.11. The molecule has 3 N–H and O–H groups in total. The summed E-state index contributed by atoms with van der Waals surface area (Å²) in [7, 11) is 0. The number of nitrogens with one attached hydrogen (secondary N) is 1. The molecule has 1 saturated heterocycles. The van der Waals surface area contributed by atoms with Crippen molar-refractivity contribution in [3.05, 3.63) is 0 Å². The van der Waals surface area contributed by atoms with E-state index in [-0.39, 0.29) is 6.42 Å². The molecule has 0 aromatic rings. The zero-order valence-corrected chi connectivity index (χ0v) is 6.93. The van der Waals surface area contributed by atoms with Crippen LogP contribution >= 0.6 is 11.8 Å². The van der Waals surface area contributed by atoms with Crippen molar-refractivity contribution in [1.82, 2.24) is 5.32 Å². The monoisotopic (exact) mass is 185 g/mol. The van der Waals surface area contributed by atoms with E-state index in [1.54, 1.807) is 0 Å². The van der Waals surface area contributed by atoms with Crippen molar-refractivity contribution < 1.29 is 9.59 Å². The SMILES string of the molecule is N#CC[C@H](N)C1SC(=O)NC1=O. The Balaban J connectivity index is 2.59. The second kappa shape index (κ2) is 3.56. The maximum absolute atomic E-state index is 11.0. The lowest BCUT2D eigenvalue weighted by Gasteiger charge is -2.10. The smallest absolute Gasteiger partial charge is 0.286 e. The molecule has 0 aromatic carbocycles. The van der Waals surface area contributed by atoms with Crippen LogP contribution in [0.3, 0.4) is 0 Å². The number of rotatable bonds is 2. The molecule has 64 valence electrons. The van der Waals surface area contributed by atoms with Gasteiger partial charge in [-0.2, -0.15) is 5.26 Å². The van der Waals surface area contributed by atoms with Crippen LogP contribution in [0.15, 0.2) is 0 Å². The molecule has 0 aromatic heterocycles. The van der Waals surface area contributed by atoms with Gasteiger partial charge >= 0.3 is 0 Å². The second-order valence-corrected chi connectivity index (χ2v) is 3.46. The average Bonchev–Trinajstić information content (AvgIpc) is 2.30.